The van der Waals surface area contributed by atoms with Crippen molar-refractivity contribution in [2.45, 2.75) is 5.37 Å². The fourth-order valence-electron chi connectivity index (χ4n) is 1.96. The predicted octanol–water partition coefficient (Wildman–Crippen LogP) is 0.459. The topological polar surface area (TPSA) is 100 Å². The van der Waals surface area contributed by atoms with Crippen LogP contribution in [-0.4, -0.2) is 43.1 Å². The Kier molecular flexibility index (Phi) is 3.87. The van der Waals surface area contributed by atoms with Crippen LogP contribution in [0.1, 0.15) is 5.56 Å². The van der Waals surface area contributed by atoms with Crippen molar-refractivity contribution in [1.82, 2.24) is 4.98 Å². The Morgan fingerprint density at radius 3 is 3.00 bits per heavy atom. The lowest BCUT2D eigenvalue weighted by atomic mass is 10.2. The van der Waals surface area contributed by atoms with Crippen LogP contribution in [0.2, 0.25) is 0 Å². The molecule has 102 valence electrons. The molecule has 1 aliphatic heterocycles. The van der Waals surface area contributed by atoms with Gasteiger partial charge in [-0.15, -0.1) is 0 Å². The molecule has 1 saturated heterocycles. The maximum absolute atomic E-state index is 11.8. The molecule has 1 aromatic heterocycles. The first-order chi connectivity index (χ1) is 8.93. The molecule has 19 heavy (non-hydrogen) atoms. The minimum atomic E-state index is -3.23. The zero-order valence-electron chi connectivity index (χ0n) is 10.4. The molecule has 0 radical (unpaired) electrons. The largest absolute Gasteiger partial charge is 0.397 e. The summed E-state index contributed by atoms with van der Waals surface area (Å²) in [7, 11) is -3.23. The fourth-order valence-corrected chi connectivity index (χ4v) is 4.78. The van der Waals surface area contributed by atoms with Crippen LogP contribution in [0.4, 0.5) is 11.5 Å². The average molecular weight is 298 g/mol. The summed E-state index contributed by atoms with van der Waals surface area (Å²) in [4.78, 5) is 5.83. The normalized spacial score (nSPS) is 20.0. The van der Waals surface area contributed by atoms with Gasteiger partial charge in [-0.05, 0) is 6.07 Å². The Labute approximate surface area is 116 Å². The molecule has 1 atom stereocenters. The van der Waals surface area contributed by atoms with E-state index in [4.69, 9.17) is 11.0 Å². The third kappa shape index (κ3) is 2.93. The number of nitrogens with two attached hydrogens (primary N) is 1. The molecule has 1 aromatic rings. The van der Waals surface area contributed by atoms with Crippen molar-refractivity contribution < 1.29 is 8.42 Å². The minimum Gasteiger partial charge on any atom is -0.397 e. The predicted molar refractivity (Wildman–Crippen MR) is 76.7 cm³/mol. The first kappa shape index (κ1) is 14.0. The standard InChI is InChI=1S/C11H14N4O2S2/c1-19(16,17)10-7-18-3-2-15(10)11-8(5-12)4-9(13)6-14-11/h4,6,10H,2-3,7,13H2,1H3. The van der Waals surface area contributed by atoms with Crippen molar-refractivity contribution in [2.75, 3.05) is 34.9 Å². The highest BCUT2D eigenvalue weighted by Gasteiger charge is 2.33. The van der Waals surface area contributed by atoms with Gasteiger partial charge in [0.25, 0.3) is 0 Å². The molecule has 2 N–H and O–H groups in total. The summed E-state index contributed by atoms with van der Waals surface area (Å²) >= 11 is 1.59. The summed E-state index contributed by atoms with van der Waals surface area (Å²) in [5, 5.41) is 8.49. The van der Waals surface area contributed by atoms with E-state index in [1.165, 1.54) is 18.5 Å². The molecule has 2 heterocycles. The van der Waals surface area contributed by atoms with Gasteiger partial charge in [0.2, 0.25) is 0 Å². The van der Waals surface area contributed by atoms with Crippen LogP contribution in [-0.2, 0) is 9.84 Å². The van der Waals surface area contributed by atoms with Crippen molar-refractivity contribution in [1.29, 1.82) is 5.26 Å². The highest BCUT2D eigenvalue weighted by Crippen LogP contribution is 2.28. The Morgan fingerprint density at radius 2 is 2.37 bits per heavy atom. The first-order valence-corrected chi connectivity index (χ1v) is 8.73. The molecule has 1 unspecified atom stereocenters. The number of hydrogen-bond acceptors (Lipinski definition) is 7. The number of nitrogen functional groups attached to an aromatic ring is 1. The van der Waals surface area contributed by atoms with Gasteiger partial charge in [-0.2, -0.15) is 17.0 Å². The third-order valence-corrected chi connectivity index (χ3v) is 5.50. The number of nitrogens with zero attached hydrogens (tertiary/aromatic N) is 3. The van der Waals surface area contributed by atoms with Crippen LogP contribution in [0.15, 0.2) is 12.3 Å². The summed E-state index contributed by atoms with van der Waals surface area (Å²) in [6.07, 6.45) is 2.65. The molecule has 1 aliphatic rings. The van der Waals surface area contributed by atoms with Crippen LogP contribution in [0.25, 0.3) is 0 Å². The summed E-state index contributed by atoms with van der Waals surface area (Å²) in [6, 6.07) is 3.54. The van der Waals surface area contributed by atoms with Gasteiger partial charge in [0.1, 0.15) is 17.3 Å². The second-order valence-electron chi connectivity index (χ2n) is 4.30. The van der Waals surface area contributed by atoms with Gasteiger partial charge in [-0.1, -0.05) is 0 Å². The third-order valence-electron chi connectivity index (χ3n) is 2.86. The highest BCUT2D eigenvalue weighted by molar-refractivity contribution is 8.01. The molecule has 8 heteroatoms. The molecule has 1 fully saturated rings. The van der Waals surface area contributed by atoms with E-state index in [1.807, 2.05) is 6.07 Å². The van der Waals surface area contributed by atoms with E-state index in [1.54, 1.807) is 16.7 Å². The quantitative estimate of drug-likeness (QED) is 0.846. The number of pyridine rings is 1. The molecule has 2 rings (SSSR count). The summed E-state index contributed by atoms with van der Waals surface area (Å²) in [5.74, 6) is 1.69. The van der Waals surface area contributed by atoms with E-state index in [0.29, 0.717) is 29.4 Å². The zero-order chi connectivity index (χ0) is 14.0. The first-order valence-electron chi connectivity index (χ1n) is 5.62. The Balaban J connectivity index is 2.47. The molecular weight excluding hydrogens is 284 g/mol. The highest BCUT2D eigenvalue weighted by atomic mass is 32.2. The van der Waals surface area contributed by atoms with Crippen LogP contribution >= 0.6 is 11.8 Å². The molecule has 0 aromatic carbocycles. The number of rotatable bonds is 2. The Morgan fingerprint density at radius 1 is 1.63 bits per heavy atom. The fraction of sp³-hybridized carbons (Fsp3) is 0.455. The average Bonchev–Trinajstić information content (AvgIpc) is 2.37. The molecule has 0 bridgehead atoms. The number of hydrogen-bond donors (Lipinski definition) is 1. The molecule has 0 spiro atoms. The second kappa shape index (κ2) is 5.27. The van der Waals surface area contributed by atoms with Crippen LogP contribution < -0.4 is 10.6 Å². The van der Waals surface area contributed by atoms with Crippen molar-refractivity contribution in [3.05, 3.63) is 17.8 Å². The molecule has 0 amide bonds. The van der Waals surface area contributed by atoms with Gasteiger partial charge < -0.3 is 10.6 Å². The second-order valence-corrected chi connectivity index (χ2v) is 7.66. The van der Waals surface area contributed by atoms with Crippen LogP contribution in [0.3, 0.4) is 0 Å². The van der Waals surface area contributed by atoms with E-state index in [2.05, 4.69) is 4.98 Å². The lowest BCUT2D eigenvalue weighted by Gasteiger charge is -2.35. The molecule has 0 saturated carbocycles. The summed E-state index contributed by atoms with van der Waals surface area (Å²) < 4.78 is 23.7. The van der Waals surface area contributed by atoms with E-state index >= 15 is 0 Å². The number of anilines is 2. The Hall–Kier alpha value is -1.46. The van der Waals surface area contributed by atoms with Crippen molar-refractivity contribution >= 4 is 33.1 Å². The molecular formula is C11H14N4O2S2. The van der Waals surface area contributed by atoms with Gasteiger partial charge in [0.15, 0.2) is 9.84 Å². The lowest BCUT2D eigenvalue weighted by molar-refractivity contribution is 0.583. The van der Waals surface area contributed by atoms with Crippen molar-refractivity contribution in [2.24, 2.45) is 0 Å². The minimum absolute atomic E-state index is 0.306. The smallest absolute Gasteiger partial charge is 0.169 e. The lowest BCUT2D eigenvalue weighted by Crippen LogP contribution is -2.47. The number of thioether (sulfide) groups is 1. The van der Waals surface area contributed by atoms with Crippen LogP contribution in [0, 0.1) is 11.3 Å². The Bertz CT molecular complexity index is 624. The zero-order valence-corrected chi connectivity index (χ0v) is 12.0. The van der Waals surface area contributed by atoms with Gasteiger partial charge >= 0.3 is 0 Å². The van der Waals surface area contributed by atoms with Crippen molar-refractivity contribution in [3.63, 3.8) is 0 Å². The van der Waals surface area contributed by atoms with E-state index in [9.17, 15) is 8.42 Å². The van der Waals surface area contributed by atoms with Crippen molar-refractivity contribution in [3.8, 4) is 6.07 Å². The SMILES string of the molecule is CS(=O)(=O)C1CSCCN1c1ncc(N)cc1C#N. The van der Waals surface area contributed by atoms with Gasteiger partial charge in [-0.3, -0.25) is 0 Å². The van der Waals surface area contributed by atoms with E-state index in [0.717, 1.165) is 5.75 Å². The number of sulfone groups is 1. The van der Waals surface area contributed by atoms with Crippen LogP contribution in [0.5, 0.6) is 0 Å². The van der Waals surface area contributed by atoms with Gasteiger partial charge in [0, 0.05) is 24.3 Å². The van der Waals surface area contributed by atoms with E-state index < -0.39 is 15.2 Å². The summed E-state index contributed by atoms with van der Waals surface area (Å²) in [6.45, 7) is 0.550. The van der Waals surface area contributed by atoms with Gasteiger partial charge in [0.05, 0.1) is 17.4 Å². The number of nitriles is 1. The molecule has 0 aliphatic carbocycles. The maximum Gasteiger partial charge on any atom is 0.169 e. The summed E-state index contributed by atoms with van der Waals surface area (Å²) in [5.41, 5.74) is 6.30. The van der Waals surface area contributed by atoms with Gasteiger partial charge in [-0.25, -0.2) is 13.4 Å². The molecule has 6 nitrogen and oxygen atoms in total. The van der Waals surface area contributed by atoms with E-state index in [-0.39, 0.29) is 0 Å². The monoisotopic (exact) mass is 298 g/mol. The number of aromatic nitrogens is 1. The maximum atomic E-state index is 11.8.